The van der Waals surface area contributed by atoms with Gasteiger partial charge >= 0.3 is 0 Å². The number of hydrogen-bond acceptors (Lipinski definition) is 5. The molecule has 0 saturated carbocycles. The molecule has 4 rings (SSSR count). The summed E-state index contributed by atoms with van der Waals surface area (Å²) in [6.45, 7) is 5.67. The van der Waals surface area contributed by atoms with E-state index in [1.807, 2.05) is 12.2 Å². The number of carbonyl (C=O) groups is 2. The van der Waals surface area contributed by atoms with E-state index in [1.165, 1.54) is 26.4 Å². The number of imide groups is 1. The van der Waals surface area contributed by atoms with Gasteiger partial charge in [0.1, 0.15) is 5.82 Å². The number of allylic oxidation sites excluding steroid dienone is 4. The van der Waals surface area contributed by atoms with Crippen LogP contribution in [0, 0.1) is 23.1 Å². The molecule has 35 heavy (non-hydrogen) atoms. The summed E-state index contributed by atoms with van der Waals surface area (Å²) in [6, 6.07) is 7.08. The first-order chi connectivity index (χ1) is 16.7. The molecule has 3 atom stereocenters. The van der Waals surface area contributed by atoms with Crippen molar-refractivity contribution in [1.82, 2.24) is 0 Å². The minimum atomic E-state index is -1.10. The number of methoxy groups -OCH3 is 2. The van der Waals surface area contributed by atoms with Gasteiger partial charge in [-0.1, -0.05) is 42.5 Å². The van der Waals surface area contributed by atoms with E-state index < -0.39 is 29.0 Å². The molecule has 1 N–H and O–H groups in total. The summed E-state index contributed by atoms with van der Waals surface area (Å²) in [7, 11) is 2.87. The highest BCUT2D eigenvalue weighted by atomic mass is 35.5. The topological polar surface area (TPSA) is 76.1 Å². The van der Waals surface area contributed by atoms with Gasteiger partial charge < -0.3 is 14.6 Å². The van der Waals surface area contributed by atoms with Gasteiger partial charge in [0.15, 0.2) is 11.5 Å². The summed E-state index contributed by atoms with van der Waals surface area (Å²) in [4.78, 5) is 28.3. The van der Waals surface area contributed by atoms with Crippen LogP contribution in [0.2, 0.25) is 5.02 Å². The van der Waals surface area contributed by atoms with Crippen LogP contribution in [-0.2, 0) is 9.59 Å². The summed E-state index contributed by atoms with van der Waals surface area (Å²) in [6.07, 6.45) is 7.61. The average molecular weight is 498 g/mol. The molecular weight excluding hydrogens is 473 g/mol. The Morgan fingerprint density at radius 3 is 2.43 bits per heavy atom. The Balaban J connectivity index is 1.77. The maximum Gasteiger partial charge on any atom is 0.241 e. The lowest BCUT2D eigenvalue weighted by Gasteiger charge is -2.38. The van der Waals surface area contributed by atoms with E-state index in [0.717, 1.165) is 16.5 Å². The number of rotatable bonds is 6. The van der Waals surface area contributed by atoms with Crippen LogP contribution in [-0.4, -0.2) is 31.1 Å². The minimum absolute atomic E-state index is 0.117. The Kier molecular flexibility index (Phi) is 6.47. The van der Waals surface area contributed by atoms with Gasteiger partial charge in [0.2, 0.25) is 17.6 Å². The van der Waals surface area contributed by atoms with Crippen molar-refractivity contribution < 1.29 is 28.6 Å². The number of amides is 2. The monoisotopic (exact) mass is 497 g/mol. The lowest BCUT2D eigenvalue weighted by atomic mass is 9.62. The highest BCUT2D eigenvalue weighted by Crippen LogP contribution is 2.53. The van der Waals surface area contributed by atoms with Crippen molar-refractivity contribution >= 4 is 35.2 Å². The molecule has 1 aliphatic heterocycles. The number of anilines is 1. The average Bonchev–Trinajstić information content (AvgIpc) is 3.05. The first-order valence-corrected chi connectivity index (χ1v) is 11.3. The van der Waals surface area contributed by atoms with Gasteiger partial charge in [0.25, 0.3) is 0 Å². The fraction of sp³-hybridized carbons (Fsp3) is 0.259. The van der Waals surface area contributed by atoms with Crippen LogP contribution in [0.25, 0.3) is 6.08 Å². The Hall–Kier alpha value is -3.58. The van der Waals surface area contributed by atoms with Crippen molar-refractivity contribution in [1.29, 1.82) is 0 Å². The van der Waals surface area contributed by atoms with Crippen molar-refractivity contribution in [3.8, 4) is 17.2 Å². The van der Waals surface area contributed by atoms with Gasteiger partial charge in [0.05, 0.1) is 36.3 Å². The number of phenols is 1. The summed E-state index contributed by atoms with van der Waals surface area (Å²) in [5.41, 5.74) is 0.623. The van der Waals surface area contributed by atoms with E-state index in [4.69, 9.17) is 21.1 Å². The summed E-state index contributed by atoms with van der Waals surface area (Å²) < 4.78 is 24.2. The number of aromatic hydroxyl groups is 1. The first-order valence-electron chi connectivity index (χ1n) is 11.0. The van der Waals surface area contributed by atoms with Crippen LogP contribution >= 0.6 is 11.6 Å². The van der Waals surface area contributed by atoms with Gasteiger partial charge in [-0.15, -0.1) is 0 Å². The normalized spacial score (nSPS) is 23.9. The maximum absolute atomic E-state index is 13.8. The van der Waals surface area contributed by atoms with Crippen LogP contribution < -0.4 is 14.4 Å². The van der Waals surface area contributed by atoms with Crippen molar-refractivity contribution in [3.63, 3.8) is 0 Å². The van der Waals surface area contributed by atoms with Crippen molar-refractivity contribution in [2.75, 3.05) is 19.1 Å². The molecule has 1 heterocycles. The molecule has 0 aromatic heterocycles. The van der Waals surface area contributed by atoms with E-state index >= 15 is 0 Å². The summed E-state index contributed by atoms with van der Waals surface area (Å²) in [5.74, 6) is -2.10. The van der Waals surface area contributed by atoms with E-state index in [-0.39, 0.29) is 33.9 Å². The lowest BCUT2D eigenvalue weighted by molar-refractivity contribution is -0.128. The van der Waals surface area contributed by atoms with Gasteiger partial charge in [-0.3, -0.25) is 9.59 Å². The predicted molar refractivity (Wildman–Crippen MR) is 132 cm³/mol. The largest absolute Gasteiger partial charge is 0.502 e. The second-order valence-electron chi connectivity index (χ2n) is 8.67. The molecule has 1 saturated heterocycles. The third-order valence-electron chi connectivity index (χ3n) is 6.88. The predicted octanol–water partition coefficient (Wildman–Crippen LogP) is 5.54. The number of carbonyl (C=O) groups excluding carboxylic acids is 2. The third-order valence-corrected chi connectivity index (χ3v) is 7.17. The number of phenolic OH excluding ortho intramolecular Hbond substituents is 1. The van der Waals surface area contributed by atoms with E-state index in [9.17, 15) is 19.1 Å². The molecule has 2 amide bonds. The SMILES string of the molecule is C=CC1=CC[C@H]2C(=O)N(c3ccc(F)c(Cl)c3)C(=O)[C@@]2(C)[C@H]1C=Cc1cc(OC)c(O)c(OC)c1. The molecule has 1 fully saturated rings. The van der Waals surface area contributed by atoms with E-state index in [0.29, 0.717) is 12.0 Å². The first kappa shape index (κ1) is 24.5. The molecule has 182 valence electrons. The van der Waals surface area contributed by atoms with Crippen LogP contribution in [0.3, 0.4) is 0 Å². The number of halogens is 2. The van der Waals surface area contributed by atoms with Crippen molar-refractivity contribution in [2.45, 2.75) is 13.3 Å². The molecule has 2 aromatic rings. The Labute approximate surface area is 207 Å². The zero-order valence-corrected chi connectivity index (χ0v) is 20.3. The number of fused-ring (bicyclic) bond motifs is 1. The standard InChI is InChI=1S/C27H25ClFNO5/c1-5-16-7-10-19-25(32)30(17-8-11-21(29)20(28)14-17)26(33)27(19,2)18(16)9-6-15-12-22(34-3)24(31)23(13-15)35-4/h5-9,11-14,18-19,31H,1,10H2,2-4H3/t18-,19-,27-/m0/s1. The van der Waals surface area contributed by atoms with Gasteiger partial charge in [-0.25, -0.2) is 9.29 Å². The smallest absolute Gasteiger partial charge is 0.241 e. The maximum atomic E-state index is 13.8. The zero-order chi connectivity index (χ0) is 25.5. The second-order valence-corrected chi connectivity index (χ2v) is 9.07. The second kappa shape index (κ2) is 9.23. The Morgan fingerprint density at radius 1 is 1.20 bits per heavy atom. The molecule has 0 spiro atoms. The van der Waals surface area contributed by atoms with Crippen molar-refractivity contribution in [3.05, 3.63) is 77.1 Å². The fourth-order valence-corrected chi connectivity index (χ4v) is 5.11. The summed E-state index contributed by atoms with van der Waals surface area (Å²) >= 11 is 5.93. The minimum Gasteiger partial charge on any atom is -0.502 e. The van der Waals surface area contributed by atoms with Crippen LogP contribution in [0.5, 0.6) is 17.2 Å². The zero-order valence-electron chi connectivity index (χ0n) is 19.5. The Morgan fingerprint density at radius 2 is 1.86 bits per heavy atom. The molecule has 8 heteroatoms. The third kappa shape index (κ3) is 3.90. The van der Waals surface area contributed by atoms with Crippen molar-refractivity contribution in [2.24, 2.45) is 17.3 Å². The number of ether oxygens (including phenoxy) is 2. The van der Waals surface area contributed by atoms with Crippen LogP contribution in [0.15, 0.2) is 60.7 Å². The molecule has 0 unspecified atom stereocenters. The Bertz CT molecular complexity index is 1260. The van der Waals surface area contributed by atoms with E-state index in [2.05, 4.69) is 6.58 Å². The molecular formula is C27H25ClFNO5. The van der Waals surface area contributed by atoms with Crippen LogP contribution in [0.1, 0.15) is 18.9 Å². The van der Waals surface area contributed by atoms with E-state index in [1.54, 1.807) is 31.2 Å². The molecule has 2 aromatic carbocycles. The molecule has 0 bridgehead atoms. The molecule has 1 aliphatic carbocycles. The lowest BCUT2D eigenvalue weighted by Crippen LogP contribution is -2.42. The highest BCUT2D eigenvalue weighted by molar-refractivity contribution is 6.31. The number of hydrogen-bond donors (Lipinski definition) is 1. The molecule has 6 nitrogen and oxygen atoms in total. The number of benzene rings is 2. The fourth-order valence-electron chi connectivity index (χ4n) is 4.93. The van der Waals surface area contributed by atoms with Crippen LogP contribution in [0.4, 0.5) is 10.1 Å². The molecule has 0 radical (unpaired) electrons. The van der Waals surface area contributed by atoms with Gasteiger partial charge in [-0.05, 0) is 54.8 Å². The number of nitrogens with zero attached hydrogens (tertiary/aromatic N) is 1. The van der Waals surface area contributed by atoms with Gasteiger partial charge in [-0.2, -0.15) is 0 Å². The highest BCUT2D eigenvalue weighted by Gasteiger charge is 2.61. The quantitative estimate of drug-likeness (QED) is 0.530. The summed E-state index contributed by atoms with van der Waals surface area (Å²) in [5, 5.41) is 10.0. The van der Waals surface area contributed by atoms with Gasteiger partial charge in [0, 0.05) is 5.92 Å². The molecule has 2 aliphatic rings.